The second-order valence-electron chi connectivity index (χ2n) is 9.79. The largest absolute Gasteiger partial charge is 0.369 e. The van der Waals surface area contributed by atoms with E-state index in [1.807, 2.05) is 18.2 Å². The van der Waals surface area contributed by atoms with E-state index in [1.165, 1.54) is 23.0 Å². The van der Waals surface area contributed by atoms with Crippen LogP contribution in [0.1, 0.15) is 24.0 Å². The number of piperazine rings is 1. The molecule has 1 amide bonds. The molecular formula is C28H30N6OS. The van der Waals surface area contributed by atoms with Crippen LogP contribution in [0.2, 0.25) is 0 Å². The van der Waals surface area contributed by atoms with E-state index in [0.29, 0.717) is 4.91 Å². The molecule has 0 atom stereocenters. The molecule has 4 heterocycles. The van der Waals surface area contributed by atoms with Gasteiger partial charge in [0.1, 0.15) is 6.33 Å². The van der Waals surface area contributed by atoms with Gasteiger partial charge in [0.15, 0.2) is 5.17 Å². The lowest BCUT2D eigenvalue weighted by atomic mass is 10.0. The highest BCUT2D eigenvalue weighted by Crippen LogP contribution is 2.34. The number of rotatable bonds is 3. The van der Waals surface area contributed by atoms with Gasteiger partial charge in [0, 0.05) is 55.9 Å². The van der Waals surface area contributed by atoms with Crippen LogP contribution in [0.25, 0.3) is 28.2 Å². The van der Waals surface area contributed by atoms with E-state index in [-0.39, 0.29) is 5.91 Å². The third-order valence-electron chi connectivity index (χ3n) is 7.26. The second kappa shape index (κ2) is 9.67. The molecule has 0 saturated carbocycles. The summed E-state index contributed by atoms with van der Waals surface area (Å²) in [6, 6.07) is 12.7. The van der Waals surface area contributed by atoms with Gasteiger partial charge >= 0.3 is 0 Å². The van der Waals surface area contributed by atoms with Crippen molar-refractivity contribution in [3.8, 4) is 11.3 Å². The molecule has 184 valence electrons. The average molecular weight is 499 g/mol. The lowest BCUT2D eigenvalue weighted by Crippen LogP contribution is -2.44. The van der Waals surface area contributed by atoms with Crippen LogP contribution in [0.5, 0.6) is 0 Å². The highest BCUT2D eigenvalue weighted by Gasteiger charge is 2.27. The van der Waals surface area contributed by atoms with Gasteiger partial charge in [-0.3, -0.25) is 4.79 Å². The van der Waals surface area contributed by atoms with Crippen molar-refractivity contribution in [3.05, 3.63) is 58.8 Å². The van der Waals surface area contributed by atoms with Crippen molar-refractivity contribution < 1.29 is 4.79 Å². The number of carbonyl (C=O) groups is 1. The molecule has 36 heavy (non-hydrogen) atoms. The number of likely N-dealkylation sites (N-methyl/N-ethyl adjacent to an activating group) is 1. The van der Waals surface area contributed by atoms with E-state index in [0.717, 1.165) is 85.0 Å². The first-order chi connectivity index (χ1) is 17.5. The first-order valence-electron chi connectivity index (χ1n) is 12.6. The van der Waals surface area contributed by atoms with E-state index in [4.69, 9.17) is 0 Å². The van der Waals surface area contributed by atoms with Gasteiger partial charge in [0.2, 0.25) is 0 Å². The Kier molecular flexibility index (Phi) is 6.23. The summed E-state index contributed by atoms with van der Waals surface area (Å²) in [5.41, 5.74) is 6.38. The molecule has 3 aromatic rings. The zero-order valence-electron chi connectivity index (χ0n) is 20.8. The van der Waals surface area contributed by atoms with Crippen molar-refractivity contribution in [2.24, 2.45) is 4.99 Å². The number of anilines is 1. The maximum absolute atomic E-state index is 12.6. The number of nitrogens with zero attached hydrogens (tertiary/aromatic N) is 6. The topological polar surface area (TPSA) is 64.9 Å². The van der Waals surface area contributed by atoms with Crippen LogP contribution >= 0.6 is 11.8 Å². The van der Waals surface area contributed by atoms with Gasteiger partial charge in [-0.1, -0.05) is 12.1 Å². The number of thioether (sulfide) groups is 1. The van der Waals surface area contributed by atoms with Crippen LogP contribution in [-0.2, 0) is 4.79 Å². The monoisotopic (exact) mass is 498 g/mol. The van der Waals surface area contributed by atoms with Gasteiger partial charge in [-0.15, -0.1) is 0 Å². The number of likely N-dealkylation sites (tertiary alicyclic amines) is 1. The first kappa shape index (κ1) is 23.2. The highest BCUT2D eigenvalue weighted by molar-refractivity contribution is 8.18. The Bertz CT molecular complexity index is 1390. The zero-order valence-corrected chi connectivity index (χ0v) is 21.6. The predicted molar refractivity (Wildman–Crippen MR) is 148 cm³/mol. The number of aliphatic imine (C=N–C) groups is 1. The number of aryl methyl sites for hydroxylation is 1. The van der Waals surface area contributed by atoms with Crippen LogP contribution in [0, 0.1) is 6.92 Å². The summed E-state index contributed by atoms with van der Waals surface area (Å²) < 4.78 is 0. The van der Waals surface area contributed by atoms with Crippen LogP contribution in [0.4, 0.5) is 5.69 Å². The Balaban J connectivity index is 1.30. The van der Waals surface area contributed by atoms with Crippen LogP contribution < -0.4 is 4.90 Å². The fourth-order valence-corrected chi connectivity index (χ4v) is 6.16. The van der Waals surface area contributed by atoms with Gasteiger partial charge in [0.25, 0.3) is 5.91 Å². The first-order valence-corrected chi connectivity index (χ1v) is 13.4. The summed E-state index contributed by atoms with van der Waals surface area (Å²) in [5, 5.41) is 1.82. The molecule has 0 unspecified atom stereocenters. The van der Waals surface area contributed by atoms with Crippen molar-refractivity contribution in [3.63, 3.8) is 0 Å². The van der Waals surface area contributed by atoms with Gasteiger partial charge in [0.05, 0.1) is 16.1 Å². The number of hydrogen-bond acceptors (Lipinski definition) is 7. The highest BCUT2D eigenvalue weighted by atomic mass is 32.2. The molecule has 3 aliphatic heterocycles. The molecule has 0 spiro atoms. The third kappa shape index (κ3) is 4.51. The Morgan fingerprint density at radius 1 is 0.917 bits per heavy atom. The molecule has 0 radical (unpaired) electrons. The minimum atomic E-state index is -0.151. The van der Waals surface area contributed by atoms with Gasteiger partial charge < -0.3 is 14.7 Å². The lowest BCUT2D eigenvalue weighted by molar-refractivity contribution is -0.113. The smallest absolute Gasteiger partial charge is 0.286 e. The fraction of sp³-hybridized carbons (Fsp3) is 0.357. The van der Waals surface area contributed by atoms with Crippen molar-refractivity contribution in [2.45, 2.75) is 19.8 Å². The number of fused-ring (bicyclic) bond motifs is 1. The minimum absolute atomic E-state index is 0.151. The van der Waals surface area contributed by atoms with Crippen LogP contribution in [0.3, 0.4) is 0 Å². The number of amidine groups is 1. The van der Waals surface area contributed by atoms with Crippen LogP contribution in [-0.4, -0.2) is 77.2 Å². The summed E-state index contributed by atoms with van der Waals surface area (Å²) in [4.78, 5) is 33.8. The Labute approximate surface area is 215 Å². The molecule has 7 nitrogen and oxygen atoms in total. The quantitative estimate of drug-likeness (QED) is 0.495. The van der Waals surface area contributed by atoms with E-state index >= 15 is 0 Å². The summed E-state index contributed by atoms with van der Waals surface area (Å²) in [6.07, 6.45) is 5.90. The Hall–Kier alpha value is -3.23. The molecular weight excluding hydrogens is 468 g/mol. The summed E-state index contributed by atoms with van der Waals surface area (Å²) in [7, 11) is 2.18. The van der Waals surface area contributed by atoms with Gasteiger partial charge in [-0.2, -0.15) is 4.99 Å². The number of hydrogen-bond donors (Lipinski definition) is 0. The fourth-order valence-electron chi connectivity index (χ4n) is 5.19. The molecule has 3 aliphatic rings. The SMILES string of the molecule is Cc1cc(-c2ncnc3ccc(/C=C4\SC(N5CCCC5)=NC4=O)cc23)ccc1N1CCN(C)CC1. The number of carbonyl (C=O) groups excluding carboxylic acids is 1. The zero-order chi connectivity index (χ0) is 24.6. The lowest BCUT2D eigenvalue weighted by Gasteiger charge is -2.35. The molecule has 0 bridgehead atoms. The van der Waals surface area contributed by atoms with Gasteiger partial charge in [-0.25, -0.2) is 9.97 Å². The van der Waals surface area contributed by atoms with Crippen LogP contribution in [0.15, 0.2) is 52.6 Å². The normalized spacial score (nSPS) is 20.1. The summed E-state index contributed by atoms with van der Waals surface area (Å²) >= 11 is 1.48. The van der Waals surface area contributed by atoms with E-state index in [9.17, 15) is 4.79 Å². The molecule has 0 N–H and O–H groups in total. The third-order valence-corrected chi connectivity index (χ3v) is 8.30. The molecule has 1 aromatic heterocycles. The molecule has 0 aliphatic carbocycles. The second-order valence-corrected chi connectivity index (χ2v) is 10.8. The molecule has 2 fully saturated rings. The standard InChI is InChI=1S/C28H30N6OS/c1-19-15-21(6-8-24(19)33-13-11-32(2)12-14-33)26-22-16-20(5-7-23(22)29-18-30-26)17-25-27(35)31-28(36-25)34-9-3-4-10-34/h5-8,15-18H,3-4,9-14H2,1-2H3/b25-17-. The predicted octanol–water partition coefficient (Wildman–Crippen LogP) is 4.42. The van der Waals surface area contributed by atoms with E-state index in [1.54, 1.807) is 6.33 Å². The van der Waals surface area contributed by atoms with Crippen molar-refractivity contribution in [2.75, 3.05) is 51.2 Å². The number of aromatic nitrogens is 2. The number of amides is 1. The molecule has 8 heteroatoms. The van der Waals surface area contributed by atoms with Crippen molar-refractivity contribution >= 4 is 45.5 Å². The number of benzene rings is 2. The summed E-state index contributed by atoms with van der Waals surface area (Å²) in [5.74, 6) is -0.151. The average Bonchev–Trinajstić information content (AvgIpc) is 3.55. The van der Waals surface area contributed by atoms with E-state index < -0.39 is 0 Å². The van der Waals surface area contributed by atoms with Crippen molar-refractivity contribution in [1.82, 2.24) is 19.8 Å². The van der Waals surface area contributed by atoms with Gasteiger partial charge in [-0.05, 0) is 80.0 Å². The Morgan fingerprint density at radius 2 is 1.72 bits per heavy atom. The minimum Gasteiger partial charge on any atom is -0.369 e. The van der Waals surface area contributed by atoms with E-state index in [2.05, 4.69) is 67.9 Å². The maximum atomic E-state index is 12.6. The molecule has 2 aromatic carbocycles. The Morgan fingerprint density at radius 3 is 2.50 bits per heavy atom. The molecule has 2 saturated heterocycles. The molecule has 6 rings (SSSR count). The van der Waals surface area contributed by atoms with Crippen molar-refractivity contribution in [1.29, 1.82) is 0 Å². The maximum Gasteiger partial charge on any atom is 0.286 e. The summed E-state index contributed by atoms with van der Waals surface area (Å²) in [6.45, 7) is 8.41.